The minimum atomic E-state index is 0.250. The lowest BCUT2D eigenvalue weighted by molar-refractivity contribution is -0.122. The highest BCUT2D eigenvalue weighted by Gasteiger charge is 2.29. The van der Waals surface area contributed by atoms with Gasteiger partial charge in [-0.2, -0.15) is 0 Å². The molecule has 2 aliphatic rings. The maximum atomic E-state index is 11.6. The van der Waals surface area contributed by atoms with Gasteiger partial charge < -0.3 is 10.6 Å². The molecule has 0 heterocycles. The fourth-order valence-corrected chi connectivity index (χ4v) is 3.41. The van der Waals surface area contributed by atoms with Gasteiger partial charge in [0.2, 0.25) is 5.91 Å². The summed E-state index contributed by atoms with van der Waals surface area (Å²) in [6.07, 6.45) is 7.33. The Hall–Kier alpha value is -1.35. The monoisotopic (exact) mass is 286 g/mol. The van der Waals surface area contributed by atoms with Crippen molar-refractivity contribution in [3.05, 3.63) is 35.9 Å². The number of carbonyl (C=O) groups excluding carboxylic acids is 1. The first kappa shape index (κ1) is 14.6. The van der Waals surface area contributed by atoms with Gasteiger partial charge in [-0.25, -0.2) is 0 Å². The third kappa shape index (κ3) is 4.07. The summed E-state index contributed by atoms with van der Waals surface area (Å²) in [6.45, 7) is 1.64. The smallest absolute Gasteiger partial charge is 0.223 e. The minimum Gasteiger partial charge on any atom is -0.355 e. The quantitative estimate of drug-likeness (QED) is 0.790. The molecule has 3 nitrogen and oxygen atoms in total. The van der Waals surface area contributed by atoms with Gasteiger partial charge in [0.05, 0.1) is 0 Å². The lowest BCUT2D eigenvalue weighted by atomic mass is 9.80. The SMILES string of the molecule is O=C(NCCNC1CCCCC1c1ccccc1)C1CC1. The molecule has 0 bridgehead atoms. The number of rotatable bonds is 6. The molecule has 0 aromatic heterocycles. The van der Waals surface area contributed by atoms with Gasteiger partial charge in [-0.15, -0.1) is 0 Å². The van der Waals surface area contributed by atoms with Crippen LogP contribution in [0.3, 0.4) is 0 Å². The summed E-state index contributed by atoms with van der Waals surface area (Å²) < 4.78 is 0. The van der Waals surface area contributed by atoms with Crippen molar-refractivity contribution in [1.29, 1.82) is 0 Å². The highest BCUT2D eigenvalue weighted by molar-refractivity contribution is 5.80. The molecule has 3 rings (SSSR count). The van der Waals surface area contributed by atoms with Crippen LogP contribution in [0.4, 0.5) is 0 Å². The van der Waals surface area contributed by atoms with Crippen molar-refractivity contribution >= 4 is 5.91 Å². The van der Waals surface area contributed by atoms with Crippen molar-refractivity contribution in [3.8, 4) is 0 Å². The third-order valence-electron chi connectivity index (χ3n) is 4.77. The summed E-state index contributed by atoms with van der Waals surface area (Å²) in [6, 6.07) is 11.4. The largest absolute Gasteiger partial charge is 0.355 e. The highest BCUT2D eigenvalue weighted by Crippen LogP contribution is 2.33. The Bertz CT molecular complexity index is 456. The topological polar surface area (TPSA) is 41.1 Å². The number of nitrogens with one attached hydrogen (secondary N) is 2. The van der Waals surface area contributed by atoms with E-state index in [4.69, 9.17) is 0 Å². The van der Waals surface area contributed by atoms with Crippen LogP contribution in [-0.2, 0) is 4.79 Å². The molecule has 3 heteroatoms. The van der Waals surface area contributed by atoms with Crippen molar-refractivity contribution < 1.29 is 4.79 Å². The predicted octanol–water partition coefficient (Wildman–Crippen LogP) is 2.83. The molecule has 2 N–H and O–H groups in total. The molecule has 1 amide bonds. The second-order valence-electron chi connectivity index (χ2n) is 6.43. The normalized spacial score (nSPS) is 25.5. The molecule has 2 unspecified atom stereocenters. The van der Waals surface area contributed by atoms with E-state index in [1.165, 1.54) is 31.2 Å². The van der Waals surface area contributed by atoms with Gasteiger partial charge in [0.15, 0.2) is 0 Å². The molecule has 1 aromatic carbocycles. The maximum Gasteiger partial charge on any atom is 0.223 e. The van der Waals surface area contributed by atoms with Gasteiger partial charge in [0, 0.05) is 25.0 Å². The molecular formula is C18H26N2O. The minimum absolute atomic E-state index is 0.250. The zero-order valence-corrected chi connectivity index (χ0v) is 12.7. The van der Waals surface area contributed by atoms with Crippen LogP contribution >= 0.6 is 0 Å². The van der Waals surface area contributed by atoms with Gasteiger partial charge in [-0.1, -0.05) is 43.2 Å². The van der Waals surface area contributed by atoms with Crippen molar-refractivity contribution in [3.63, 3.8) is 0 Å². The molecule has 2 aliphatic carbocycles. The average molecular weight is 286 g/mol. The Morgan fingerprint density at radius 2 is 1.76 bits per heavy atom. The van der Waals surface area contributed by atoms with Crippen LogP contribution in [0.15, 0.2) is 30.3 Å². The fourth-order valence-electron chi connectivity index (χ4n) is 3.41. The van der Waals surface area contributed by atoms with Crippen molar-refractivity contribution in [2.24, 2.45) is 5.92 Å². The first-order valence-electron chi connectivity index (χ1n) is 8.40. The molecular weight excluding hydrogens is 260 g/mol. The van der Waals surface area contributed by atoms with Crippen molar-refractivity contribution in [2.75, 3.05) is 13.1 Å². The van der Waals surface area contributed by atoms with Gasteiger partial charge in [0.25, 0.3) is 0 Å². The average Bonchev–Trinajstić information content (AvgIpc) is 3.37. The summed E-state index contributed by atoms with van der Waals surface area (Å²) in [5, 5.41) is 6.71. The Kier molecular flexibility index (Phi) is 4.91. The van der Waals surface area contributed by atoms with E-state index in [0.29, 0.717) is 17.9 Å². The van der Waals surface area contributed by atoms with Gasteiger partial charge in [0.1, 0.15) is 0 Å². The molecule has 0 spiro atoms. The second kappa shape index (κ2) is 7.08. The van der Waals surface area contributed by atoms with Crippen LogP contribution in [0.2, 0.25) is 0 Å². The van der Waals surface area contributed by atoms with E-state index in [-0.39, 0.29) is 5.91 Å². The Labute approximate surface area is 127 Å². The summed E-state index contributed by atoms with van der Waals surface area (Å²) in [5.41, 5.74) is 1.46. The number of hydrogen-bond acceptors (Lipinski definition) is 2. The lowest BCUT2D eigenvalue weighted by Gasteiger charge is -2.33. The third-order valence-corrected chi connectivity index (χ3v) is 4.77. The Morgan fingerprint density at radius 1 is 1.00 bits per heavy atom. The molecule has 2 atom stereocenters. The number of hydrogen-bond donors (Lipinski definition) is 2. The number of carbonyl (C=O) groups is 1. The summed E-state index contributed by atoms with van der Waals surface area (Å²) in [4.78, 5) is 11.6. The van der Waals surface area contributed by atoms with E-state index >= 15 is 0 Å². The van der Waals surface area contributed by atoms with E-state index in [9.17, 15) is 4.79 Å². The van der Waals surface area contributed by atoms with E-state index in [1.54, 1.807) is 0 Å². The summed E-state index contributed by atoms with van der Waals surface area (Å²) in [7, 11) is 0. The van der Waals surface area contributed by atoms with Crippen LogP contribution in [-0.4, -0.2) is 25.0 Å². The van der Waals surface area contributed by atoms with Crippen molar-refractivity contribution in [2.45, 2.75) is 50.5 Å². The molecule has 0 radical (unpaired) electrons. The van der Waals surface area contributed by atoms with Crippen LogP contribution in [0.25, 0.3) is 0 Å². The number of benzene rings is 1. The zero-order chi connectivity index (χ0) is 14.5. The molecule has 1 aromatic rings. The van der Waals surface area contributed by atoms with Crippen molar-refractivity contribution in [1.82, 2.24) is 10.6 Å². The Morgan fingerprint density at radius 3 is 2.52 bits per heavy atom. The maximum absolute atomic E-state index is 11.6. The van der Waals surface area contributed by atoms with E-state index in [0.717, 1.165) is 25.9 Å². The first-order chi connectivity index (χ1) is 10.3. The molecule has 2 fully saturated rings. The van der Waals surface area contributed by atoms with Gasteiger partial charge in [-0.3, -0.25) is 4.79 Å². The molecule has 2 saturated carbocycles. The van der Waals surface area contributed by atoms with Gasteiger partial charge in [-0.05, 0) is 37.2 Å². The van der Waals surface area contributed by atoms with Crippen LogP contribution in [0.1, 0.15) is 50.0 Å². The van der Waals surface area contributed by atoms with Crippen LogP contribution in [0, 0.1) is 5.92 Å². The summed E-state index contributed by atoms with van der Waals surface area (Å²) >= 11 is 0. The highest BCUT2D eigenvalue weighted by atomic mass is 16.2. The molecule has 21 heavy (non-hydrogen) atoms. The van der Waals surface area contributed by atoms with Crippen LogP contribution < -0.4 is 10.6 Å². The molecule has 0 aliphatic heterocycles. The fraction of sp³-hybridized carbons (Fsp3) is 0.611. The van der Waals surface area contributed by atoms with Gasteiger partial charge >= 0.3 is 0 Å². The predicted molar refractivity (Wildman–Crippen MR) is 85.2 cm³/mol. The van der Waals surface area contributed by atoms with E-state index < -0.39 is 0 Å². The molecule has 114 valence electrons. The second-order valence-corrected chi connectivity index (χ2v) is 6.43. The standard InChI is InChI=1S/C18H26N2O/c21-18(15-10-11-15)20-13-12-19-17-9-5-4-8-16(17)14-6-2-1-3-7-14/h1-3,6-7,15-17,19H,4-5,8-13H2,(H,20,21). The first-order valence-corrected chi connectivity index (χ1v) is 8.40. The molecule has 0 saturated heterocycles. The number of amides is 1. The van der Waals surface area contributed by atoms with Crippen LogP contribution in [0.5, 0.6) is 0 Å². The lowest BCUT2D eigenvalue weighted by Crippen LogP contribution is -2.41. The van der Waals surface area contributed by atoms with E-state index in [1.807, 2.05) is 0 Å². The zero-order valence-electron chi connectivity index (χ0n) is 12.7. The summed E-state index contributed by atoms with van der Waals surface area (Å²) in [5.74, 6) is 1.19. The Balaban J connectivity index is 1.46. The van der Waals surface area contributed by atoms with E-state index in [2.05, 4.69) is 41.0 Å².